The molecule has 0 spiro atoms. The minimum atomic E-state index is -2.93. The van der Waals surface area contributed by atoms with Crippen molar-refractivity contribution in [3.63, 3.8) is 0 Å². The number of sulfone groups is 1. The summed E-state index contributed by atoms with van der Waals surface area (Å²) in [5, 5.41) is 4.48. The highest BCUT2D eigenvalue weighted by Crippen LogP contribution is 2.39. The van der Waals surface area contributed by atoms with Gasteiger partial charge in [-0.15, -0.1) is 11.3 Å². The topological polar surface area (TPSA) is 59.1 Å². The van der Waals surface area contributed by atoms with Crippen LogP contribution in [0.1, 0.15) is 54.2 Å². The summed E-state index contributed by atoms with van der Waals surface area (Å²) in [7, 11) is -2.93. The predicted octanol–water partition coefficient (Wildman–Crippen LogP) is 3.01. The maximum absolute atomic E-state index is 11.9. The van der Waals surface area contributed by atoms with Crippen LogP contribution in [-0.2, 0) is 9.84 Å². The molecular formula is C15H26N2O2S2. The van der Waals surface area contributed by atoms with Gasteiger partial charge in [-0.2, -0.15) is 0 Å². The third-order valence-corrected chi connectivity index (χ3v) is 7.18. The zero-order valence-corrected chi connectivity index (χ0v) is 15.0. The summed E-state index contributed by atoms with van der Waals surface area (Å²) in [6.07, 6.45) is 5.06. The van der Waals surface area contributed by atoms with E-state index >= 15 is 0 Å². The summed E-state index contributed by atoms with van der Waals surface area (Å²) in [5.41, 5.74) is 1.09. The third-order valence-electron chi connectivity index (χ3n) is 4.39. The molecule has 120 valence electrons. The number of rotatable bonds is 5. The molecule has 0 aliphatic heterocycles. The van der Waals surface area contributed by atoms with Crippen LogP contribution in [0.25, 0.3) is 0 Å². The highest BCUT2D eigenvalue weighted by molar-refractivity contribution is 7.91. The van der Waals surface area contributed by atoms with Crippen LogP contribution in [0.15, 0.2) is 0 Å². The van der Waals surface area contributed by atoms with Crippen molar-refractivity contribution in [3.05, 3.63) is 15.6 Å². The SMILES string of the molecule is CCNC(c1sc(C)nc1C)C1CCCC(S(C)(=O)=O)C1. The second-order valence-electron chi connectivity index (χ2n) is 6.10. The molecule has 1 aromatic rings. The Kier molecular flexibility index (Phi) is 5.43. The lowest BCUT2D eigenvalue weighted by molar-refractivity contribution is 0.277. The molecule has 1 heterocycles. The van der Waals surface area contributed by atoms with E-state index in [0.717, 1.165) is 42.9 Å². The Hall–Kier alpha value is -0.460. The van der Waals surface area contributed by atoms with Crippen molar-refractivity contribution in [2.24, 2.45) is 5.92 Å². The minimum Gasteiger partial charge on any atom is -0.309 e. The summed E-state index contributed by atoms with van der Waals surface area (Å²) < 4.78 is 23.8. The summed E-state index contributed by atoms with van der Waals surface area (Å²) in [6.45, 7) is 7.08. The first-order valence-electron chi connectivity index (χ1n) is 7.69. The number of nitrogens with one attached hydrogen (secondary N) is 1. The molecule has 1 fully saturated rings. The smallest absolute Gasteiger partial charge is 0.150 e. The fourth-order valence-corrected chi connectivity index (χ4v) is 5.69. The summed E-state index contributed by atoms with van der Waals surface area (Å²) >= 11 is 1.74. The molecule has 0 aromatic carbocycles. The van der Waals surface area contributed by atoms with Crippen molar-refractivity contribution >= 4 is 21.2 Å². The predicted molar refractivity (Wildman–Crippen MR) is 88.6 cm³/mol. The lowest BCUT2D eigenvalue weighted by Crippen LogP contribution is -2.35. The number of aromatic nitrogens is 1. The van der Waals surface area contributed by atoms with Crippen LogP contribution in [0.4, 0.5) is 0 Å². The second-order valence-corrected chi connectivity index (χ2v) is 9.66. The Morgan fingerprint density at radius 3 is 2.62 bits per heavy atom. The zero-order chi connectivity index (χ0) is 15.6. The number of thiazole rings is 1. The first kappa shape index (κ1) is 16.9. The molecule has 1 aliphatic carbocycles. The van der Waals surface area contributed by atoms with Gasteiger partial charge in [0.2, 0.25) is 0 Å². The number of nitrogens with zero attached hydrogens (tertiary/aromatic N) is 1. The normalized spacial score (nSPS) is 25.0. The molecule has 2 rings (SSSR count). The lowest BCUT2D eigenvalue weighted by Gasteiger charge is -2.34. The van der Waals surface area contributed by atoms with E-state index in [9.17, 15) is 8.42 Å². The molecular weight excluding hydrogens is 304 g/mol. The van der Waals surface area contributed by atoms with Crippen LogP contribution in [0, 0.1) is 19.8 Å². The molecule has 21 heavy (non-hydrogen) atoms. The summed E-state index contributed by atoms with van der Waals surface area (Å²) in [5.74, 6) is 0.386. The van der Waals surface area contributed by atoms with Gasteiger partial charge in [0.1, 0.15) is 9.84 Å². The fraction of sp³-hybridized carbons (Fsp3) is 0.800. The molecule has 3 atom stereocenters. The van der Waals surface area contributed by atoms with Gasteiger partial charge in [0, 0.05) is 17.2 Å². The second kappa shape index (κ2) is 6.75. The van der Waals surface area contributed by atoms with Crippen molar-refractivity contribution in [2.75, 3.05) is 12.8 Å². The van der Waals surface area contributed by atoms with Crippen LogP contribution in [0.2, 0.25) is 0 Å². The highest BCUT2D eigenvalue weighted by Gasteiger charge is 2.34. The number of aryl methyl sites for hydroxylation is 2. The molecule has 0 radical (unpaired) electrons. The Labute approximate surface area is 132 Å². The molecule has 6 heteroatoms. The molecule has 1 aliphatic rings. The van der Waals surface area contributed by atoms with E-state index < -0.39 is 9.84 Å². The lowest BCUT2D eigenvalue weighted by atomic mass is 9.82. The van der Waals surface area contributed by atoms with Crippen molar-refractivity contribution in [2.45, 2.75) is 57.7 Å². The van der Waals surface area contributed by atoms with Gasteiger partial charge in [0.15, 0.2) is 0 Å². The molecule has 0 bridgehead atoms. The van der Waals surface area contributed by atoms with Gasteiger partial charge in [-0.25, -0.2) is 13.4 Å². The van der Waals surface area contributed by atoms with Crippen LogP contribution >= 0.6 is 11.3 Å². The molecule has 0 amide bonds. The Bertz CT molecular complexity index is 580. The summed E-state index contributed by atoms with van der Waals surface area (Å²) in [4.78, 5) is 5.82. The van der Waals surface area contributed by atoms with Crippen molar-refractivity contribution in [3.8, 4) is 0 Å². The maximum atomic E-state index is 11.9. The monoisotopic (exact) mass is 330 g/mol. The number of hydrogen-bond acceptors (Lipinski definition) is 5. The van der Waals surface area contributed by atoms with Crippen LogP contribution in [0.3, 0.4) is 0 Å². The van der Waals surface area contributed by atoms with Crippen LogP contribution in [-0.4, -0.2) is 31.5 Å². The van der Waals surface area contributed by atoms with Gasteiger partial charge in [0.05, 0.1) is 16.0 Å². The van der Waals surface area contributed by atoms with E-state index in [2.05, 4.69) is 24.1 Å². The third kappa shape index (κ3) is 4.05. The van der Waals surface area contributed by atoms with E-state index in [0.29, 0.717) is 5.92 Å². The first-order chi connectivity index (χ1) is 9.82. The Balaban J connectivity index is 2.24. The molecule has 3 unspecified atom stereocenters. The van der Waals surface area contributed by atoms with Gasteiger partial charge in [0.25, 0.3) is 0 Å². The van der Waals surface area contributed by atoms with Gasteiger partial charge >= 0.3 is 0 Å². The van der Waals surface area contributed by atoms with Crippen molar-refractivity contribution < 1.29 is 8.42 Å². The van der Waals surface area contributed by atoms with E-state index in [1.807, 2.05) is 6.92 Å². The van der Waals surface area contributed by atoms with Gasteiger partial charge in [-0.1, -0.05) is 13.3 Å². The van der Waals surface area contributed by atoms with Gasteiger partial charge in [-0.05, 0) is 45.6 Å². The largest absolute Gasteiger partial charge is 0.309 e. The highest BCUT2D eigenvalue weighted by atomic mass is 32.2. The fourth-order valence-electron chi connectivity index (χ4n) is 3.40. The quantitative estimate of drug-likeness (QED) is 0.901. The van der Waals surface area contributed by atoms with Crippen molar-refractivity contribution in [1.29, 1.82) is 0 Å². The van der Waals surface area contributed by atoms with E-state index in [-0.39, 0.29) is 11.3 Å². The average Bonchev–Trinajstić information content (AvgIpc) is 2.74. The van der Waals surface area contributed by atoms with Crippen molar-refractivity contribution in [1.82, 2.24) is 10.3 Å². The standard InChI is InChI=1S/C15H26N2O2S2/c1-5-16-14(15-10(2)17-11(3)20-15)12-7-6-8-13(9-12)21(4,18)19/h12-14,16H,5-9H2,1-4H3. The molecule has 4 nitrogen and oxygen atoms in total. The first-order valence-corrected chi connectivity index (χ1v) is 10.5. The van der Waals surface area contributed by atoms with E-state index in [1.54, 1.807) is 11.3 Å². The number of hydrogen-bond donors (Lipinski definition) is 1. The van der Waals surface area contributed by atoms with E-state index in [1.165, 1.54) is 11.1 Å². The molecule has 0 saturated heterocycles. The minimum absolute atomic E-state index is 0.174. The summed E-state index contributed by atoms with van der Waals surface area (Å²) in [6, 6.07) is 0.241. The molecule has 1 aromatic heterocycles. The van der Waals surface area contributed by atoms with Gasteiger partial charge in [-0.3, -0.25) is 0 Å². The zero-order valence-electron chi connectivity index (χ0n) is 13.3. The van der Waals surface area contributed by atoms with Gasteiger partial charge < -0.3 is 5.32 Å². The molecule has 1 N–H and O–H groups in total. The Morgan fingerprint density at radius 1 is 1.38 bits per heavy atom. The maximum Gasteiger partial charge on any atom is 0.150 e. The van der Waals surface area contributed by atoms with Crippen LogP contribution in [0.5, 0.6) is 0 Å². The average molecular weight is 331 g/mol. The Morgan fingerprint density at radius 2 is 2.10 bits per heavy atom. The van der Waals surface area contributed by atoms with Crippen LogP contribution < -0.4 is 5.32 Å². The molecule has 1 saturated carbocycles. The van der Waals surface area contributed by atoms with E-state index in [4.69, 9.17) is 0 Å².